The Hall–Kier alpha value is -2.23. The normalized spacial score (nSPS) is 11.3. The van der Waals surface area contributed by atoms with Crippen LogP contribution in [0, 0.1) is 0 Å². The van der Waals surface area contributed by atoms with E-state index in [0.29, 0.717) is 5.69 Å². The number of carboxylic acids is 1. The van der Waals surface area contributed by atoms with Gasteiger partial charge < -0.3 is 5.11 Å². The summed E-state index contributed by atoms with van der Waals surface area (Å²) in [6, 6.07) is 7.80. The zero-order valence-electron chi connectivity index (χ0n) is 11.2. The Labute approximate surface area is 112 Å². The summed E-state index contributed by atoms with van der Waals surface area (Å²) in [5, 5.41) is 9.13. The zero-order chi connectivity index (χ0) is 14.0. The quantitative estimate of drug-likeness (QED) is 0.896. The van der Waals surface area contributed by atoms with E-state index >= 15 is 0 Å². The van der Waals surface area contributed by atoms with Gasteiger partial charge in [0.15, 0.2) is 0 Å². The summed E-state index contributed by atoms with van der Waals surface area (Å²) in [6.45, 7) is 6.40. The largest absolute Gasteiger partial charge is 0.478 e. The maximum absolute atomic E-state index is 11.1. The molecule has 1 aromatic carbocycles. The molecular weight excluding hydrogens is 240 g/mol. The van der Waals surface area contributed by atoms with Gasteiger partial charge >= 0.3 is 5.97 Å². The molecule has 0 aliphatic carbocycles. The van der Waals surface area contributed by atoms with E-state index in [1.54, 1.807) is 0 Å². The molecule has 4 nitrogen and oxygen atoms in total. The summed E-state index contributed by atoms with van der Waals surface area (Å²) in [4.78, 5) is 19.0. The first-order valence-corrected chi connectivity index (χ1v) is 6.04. The maximum atomic E-state index is 11.1. The highest BCUT2D eigenvalue weighted by atomic mass is 16.4. The lowest BCUT2D eigenvalue weighted by Crippen LogP contribution is -2.10. The molecule has 0 atom stereocenters. The molecule has 0 fully saturated rings. The fourth-order valence-electron chi connectivity index (χ4n) is 1.84. The van der Waals surface area contributed by atoms with Crippen molar-refractivity contribution in [1.29, 1.82) is 0 Å². The van der Waals surface area contributed by atoms with Crippen molar-refractivity contribution in [3.63, 3.8) is 0 Å². The van der Waals surface area contributed by atoms with Gasteiger partial charge in [0.05, 0.1) is 5.69 Å². The second-order valence-corrected chi connectivity index (χ2v) is 5.42. The molecule has 2 aromatic rings. The Bertz CT molecular complexity index is 598. The molecule has 0 aliphatic rings. The van der Waals surface area contributed by atoms with Crippen LogP contribution in [0.5, 0.6) is 0 Å². The lowest BCUT2D eigenvalue weighted by molar-refractivity contribution is 0.0697. The molecule has 0 unspecified atom stereocenters. The average Bonchev–Trinajstić information content (AvgIpc) is 2.38. The number of carboxylic acid groups (broad SMARTS) is 1. The van der Waals surface area contributed by atoms with Crippen molar-refractivity contribution in [2.24, 2.45) is 0 Å². The molecule has 2 rings (SSSR count). The molecular formula is C15H16N2O2. The highest BCUT2D eigenvalue weighted by Gasteiger charge is 2.16. The Balaban J connectivity index is 2.46. The standard InChI is InChI=1S/C15H16N2O2/c1-15(2,3)11-6-4-10(5-7-11)13-12(14(18)19)8-16-9-17-13/h4-9H,1-3H3,(H,18,19). The van der Waals surface area contributed by atoms with E-state index in [4.69, 9.17) is 5.11 Å². The number of benzene rings is 1. The van der Waals surface area contributed by atoms with Gasteiger partial charge in [-0.2, -0.15) is 0 Å². The molecule has 0 radical (unpaired) electrons. The van der Waals surface area contributed by atoms with Gasteiger partial charge in [0.2, 0.25) is 0 Å². The lowest BCUT2D eigenvalue weighted by Gasteiger charge is -2.19. The molecule has 0 amide bonds. The summed E-state index contributed by atoms with van der Waals surface area (Å²) in [7, 11) is 0. The first kappa shape index (κ1) is 13.2. The predicted molar refractivity (Wildman–Crippen MR) is 73.1 cm³/mol. The van der Waals surface area contributed by atoms with Crippen LogP contribution in [0.3, 0.4) is 0 Å². The minimum atomic E-state index is -1.02. The van der Waals surface area contributed by atoms with Crippen LogP contribution in [0.1, 0.15) is 36.7 Å². The van der Waals surface area contributed by atoms with Crippen molar-refractivity contribution in [2.75, 3.05) is 0 Å². The SMILES string of the molecule is CC(C)(C)c1ccc(-c2ncncc2C(=O)O)cc1. The van der Waals surface area contributed by atoms with Gasteiger partial charge in [0.25, 0.3) is 0 Å². The van der Waals surface area contributed by atoms with Crippen LogP contribution < -0.4 is 0 Å². The van der Waals surface area contributed by atoms with Gasteiger partial charge in [0.1, 0.15) is 11.9 Å². The lowest BCUT2D eigenvalue weighted by atomic mass is 9.86. The van der Waals surface area contributed by atoms with Crippen LogP contribution >= 0.6 is 0 Å². The second-order valence-electron chi connectivity index (χ2n) is 5.42. The number of carbonyl (C=O) groups is 1. The van der Waals surface area contributed by atoms with E-state index in [-0.39, 0.29) is 11.0 Å². The fourth-order valence-corrected chi connectivity index (χ4v) is 1.84. The Morgan fingerprint density at radius 1 is 1.16 bits per heavy atom. The molecule has 98 valence electrons. The highest BCUT2D eigenvalue weighted by molar-refractivity contribution is 5.94. The van der Waals surface area contributed by atoms with Gasteiger partial charge in [-0.15, -0.1) is 0 Å². The molecule has 19 heavy (non-hydrogen) atoms. The summed E-state index contributed by atoms with van der Waals surface area (Å²) >= 11 is 0. The summed E-state index contributed by atoms with van der Waals surface area (Å²) in [5.74, 6) is -1.02. The van der Waals surface area contributed by atoms with Crippen molar-refractivity contribution < 1.29 is 9.90 Å². The smallest absolute Gasteiger partial charge is 0.339 e. The number of aromatic carboxylic acids is 1. The van der Waals surface area contributed by atoms with E-state index in [0.717, 1.165) is 5.56 Å². The minimum Gasteiger partial charge on any atom is -0.478 e. The molecule has 0 bridgehead atoms. The topological polar surface area (TPSA) is 63.1 Å². The monoisotopic (exact) mass is 256 g/mol. The highest BCUT2D eigenvalue weighted by Crippen LogP contribution is 2.26. The molecule has 0 saturated heterocycles. The van der Waals surface area contributed by atoms with Crippen molar-refractivity contribution in [1.82, 2.24) is 9.97 Å². The third-order valence-electron chi connectivity index (χ3n) is 2.97. The molecule has 1 aromatic heterocycles. The minimum absolute atomic E-state index is 0.0693. The zero-order valence-corrected chi connectivity index (χ0v) is 11.2. The predicted octanol–water partition coefficient (Wildman–Crippen LogP) is 3.14. The van der Waals surface area contributed by atoms with Gasteiger partial charge in [-0.25, -0.2) is 14.8 Å². The Kier molecular flexibility index (Phi) is 3.34. The van der Waals surface area contributed by atoms with Crippen LogP contribution in [-0.2, 0) is 5.41 Å². The molecule has 1 heterocycles. The summed E-state index contributed by atoms with van der Waals surface area (Å²) < 4.78 is 0. The van der Waals surface area contributed by atoms with Crippen LogP contribution in [0.4, 0.5) is 0 Å². The molecule has 4 heteroatoms. The van der Waals surface area contributed by atoms with Crippen LogP contribution in [-0.4, -0.2) is 21.0 Å². The molecule has 1 N–H and O–H groups in total. The van der Waals surface area contributed by atoms with Gasteiger partial charge in [-0.05, 0) is 11.0 Å². The first-order valence-electron chi connectivity index (χ1n) is 6.04. The molecule has 0 spiro atoms. The Morgan fingerprint density at radius 3 is 2.32 bits per heavy atom. The maximum Gasteiger partial charge on any atom is 0.339 e. The van der Waals surface area contributed by atoms with Gasteiger partial charge in [-0.3, -0.25) is 0 Å². The number of hydrogen-bond donors (Lipinski definition) is 1. The second kappa shape index (κ2) is 4.80. The number of nitrogens with zero attached hydrogens (tertiary/aromatic N) is 2. The Morgan fingerprint density at radius 2 is 1.79 bits per heavy atom. The van der Waals surface area contributed by atoms with Gasteiger partial charge in [-0.1, -0.05) is 45.0 Å². The van der Waals surface area contributed by atoms with Crippen molar-refractivity contribution in [2.45, 2.75) is 26.2 Å². The number of aromatic nitrogens is 2. The number of rotatable bonds is 2. The molecule has 0 saturated carbocycles. The van der Waals surface area contributed by atoms with E-state index in [9.17, 15) is 4.79 Å². The number of hydrogen-bond acceptors (Lipinski definition) is 3. The van der Waals surface area contributed by atoms with Crippen molar-refractivity contribution in [3.8, 4) is 11.3 Å². The van der Waals surface area contributed by atoms with Crippen LogP contribution in [0.2, 0.25) is 0 Å². The van der Waals surface area contributed by atoms with Crippen molar-refractivity contribution in [3.05, 3.63) is 47.9 Å². The van der Waals surface area contributed by atoms with E-state index in [1.807, 2.05) is 24.3 Å². The van der Waals surface area contributed by atoms with E-state index in [2.05, 4.69) is 30.7 Å². The van der Waals surface area contributed by atoms with Crippen LogP contribution in [0.15, 0.2) is 36.8 Å². The summed E-state index contributed by atoms with van der Waals surface area (Å²) in [5.41, 5.74) is 2.61. The van der Waals surface area contributed by atoms with Crippen LogP contribution in [0.25, 0.3) is 11.3 Å². The van der Waals surface area contributed by atoms with Crippen molar-refractivity contribution >= 4 is 5.97 Å². The third-order valence-corrected chi connectivity index (χ3v) is 2.97. The van der Waals surface area contributed by atoms with Gasteiger partial charge in [0, 0.05) is 11.8 Å². The van der Waals surface area contributed by atoms with E-state index in [1.165, 1.54) is 18.1 Å². The third kappa shape index (κ3) is 2.78. The first-order chi connectivity index (χ1) is 8.89. The summed E-state index contributed by atoms with van der Waals surface area (Å²) in [6.07, 6.45) is 2.68. The fraction of sp³-hybridized carbons (Fsp3) is 0.267. The van der Waals surface area contributed by atoms with E-state index < -0.39 is 5.97 Å². The molecule has 0 aliphatic heterocycles. The average molecular weight is 256 g/mol.